The Morgan fingerprint density at radius 1 is 1.25 bits per heavy atom. The van der Waals surface area contributed by atoms with Gasteiger partial charge in [-0.25, -0.2) is 0 Å². The molecule has 0 radical (unpaired) electrons. The van der Waals surface area contributed by atoms with E-state index in [-0.39, 0.29) is 5.41 Å². The second kappa shape index (κ2) is 3.63. The maximum atomic E-state index is 5.15. The van der Waals surface area contributed by atoms with Crippen molar-refractivity contribution in [3.63, 3.8) is 0 Å². The first-order valence-corrected chi connectivity index (χ1v) is 4.62. The second-order valence-corrected chi connectivity index (χ2v) is 4.20. The summed E-state index contributed by atoms with van der Waals surface area (Å²) in [6.45, 7) is 6.59. The third-order valence-electron chi connectivity index (χ3n) is 1.82. The molecule has 0 saturated heterocycles. The first-order valence-electron chi connectivity index (χ1n) is 3.98. The van der Waals surface area contributed by atoms with E-state index in [9.17, 15) is 0 Å². The van der Waals surface area contributed by atoms with Crippen LogP contribution in [0.2, 0.25) is 0 Å². The molecule has 0 bridgehead atoms. The van der Waals surface area contributed by atoms with Crippen LogP contribution in [-0.2, 0) is 26.2 Å². The molecule has 12 heavy (non-hydrogen) atoms. The summed E-state index contributed by atoms with van der Waals surface area (Å²) in [6.07, 6.45) is 0. The quantitative estimate of drug-likeness (QED) is 0.629. The van der Waals surface area contributed by atoms with Crippen LogP contribution >= 0.6 is 0 Å². The van der Waals surface area contributed by atoms with E-state index in [0.717, 1.165) is 5.75 Å². The molecule has 0 spiro atoms. The van der Waals surface area contributed by atoms with Crippen LogP contribution < -0.4 is 3.32 Å². The molecule has 0 atom stereocenters. The van der Waals surface area contributed by atoms with Gasteiger partial charge < -0.3 is 0 Å². The molecular formula is C10H13OTi. The molecule has 2 heteroatoms. The summed E-state index contributed by atoms with van der Waals surface area (Å²) < 4.78 is 5.15. The molecule has 0 aliphatic rings. The van der Waals surface area contributed by atoms with Gasteiger partial charge in [0.05, 0.1) is 0 Å². The molecule has 0 heterocycles. The molecule has 0 aliphatic heterocycles. The summed E-state index contributed by atoms with van der Waals surface area (Å²) in [5.74, 6) is 0.933. The predicted molar refractivity (Wildman–Crippen MR) is 45.8 cm³/mol. The van der Waals surface area contributed by atoms with Crippen molar-refractivity contribution >= 4 is 0 Å². The summed E-state index contributed by atoms with van der Waals surface area (Å²) >= 11 is 1.70. The van der Waals surface area contributed by atoms with E-state index in [1.807, 2.05) is 12.1 Å². The normalized spacial score (nSPS) is 11.2. The average Bonchev–Trinajstić information content (AvgIpc) is 2.03. The Bertz CT molecular complexity index is 263. The average molecular weight is 197 g/mol. The third kappa shape index (κ3) is 2.36. The van der Waals surface area contributed by atoms with Crippen molar-refractivity contribution in [2.24, 2.45) is 0 Å². The van der Waals surface area contributed by atoms with E-state index in [2.05, 4.69) is 32.9 Å². The zero-order chi connectivity index (χ0) is 9.19. The Balaban J connectivity index is 3.02. The fourth-order valence-corrected chi connectivity index (χ4v) is 1.22. The molecule has 0 aliphatic carbocycles. The van der Waals surface area contributed by atoms with Crippen LogP contribution in [0.1, 0.15) is 26.3 Å². The predicted octanol–water partition coefficient (Wildman–Crippen LogP) is 2.82. The molecule has 0 fully saturated rings. The Morgan fingerprint density at radius 2 is 1.92 bits per heavy atom. The van der Waals surface area contributed by atoms with Crippen molar-refractivity contribution in [3.8, 4) is 5.75 Å². The summed E-state index contributed by atoms with van der Waals surface area (Å²) in [5, 5.41) is 0. The summed E-state index contributed by atoms with van der Waals surface area (Å²) in [4.78, 5) is 0. The minimum absolute atomic E-state index is 0.203. The van der Waals surface area contributed by atoms with Gasteiger partial charge in [-0.05, 0) is 0 Å². The monoisotopic (exact) mass is 197 g/mol. The van der Waals surface area contributed by atoms with Crippen molar-refractivity contribution in [1.29, 1.82) is 0 Å². The van der Waals surface area contributed by atoms with Gasteiger partial charge in [-0.1, -0.05) is 0 Å². The fourth-order valence-electron chi connectivity index (χ4n) is 1.03. The van der Waals surface area contributed by atoms with Gasteiger partial charge in [-0.15, -0.1) is 0 Å². The molecule has 0 unspecified atom stereocenters. The van der Waals surface area contributed by atoms with Gasteiger partial charge in [0.2, 0.25) is 0 Å². The van der Waals surface area contributed by atoms with Gasteiger partial charge in [-0.3, -0.25) is 0 Å². The van der Waals surface area contributed by atoms with Crippen LogP contribution in [0.25, 0.3) is 0 Å². The Labute approximate surface area is 86.0 Å². The molecule has 0 N–H and O–H groups in total. The van der Waals surface area contributed by atoms with Gasteiger partial charge in [0.15, 0.2) is 0 Å². The summed E-state index contributed by atoms with van der Waals surface area (Å²) in [7, 11) is 0. The van der Waals surface area contributed by atoms with E-state index in [0.29, 0.717) is 0 Å². The van der Waals surface area contributed by atoms with Crippen LogP contribution in [0.3, 0.4) is 0 Å². The number of hydrogen-bond donors (Lipinski definition) is 0. The molecule has 63 valence electrons. The van der Waals surface area contributed by atoms with E-state index >= 15 is 0 Å². The van der Waals surface area contributed by atoms with Gasteiger partial charge in [-0.2, -0.15) is 0 Å². The fraction of sp³-hybridized carbons (Fsp3) is 0.400. The van der Waals surface area contributed by atoms with Gasteiger partial charge in [0.1, 0.15) is 0 Å². The zero-order valence-electron chi connectivity index (χ0n) is 7.72. The number of hydrogen-bond acceptors (Lipinski definition) is 1. The minimum atomic E-state index is 0.203. The first-order chi connectivity index (χ1) is 5.54. The SMILES string of the molecule is CC(C)(C)c1cccc([O][Ti])c1. The number of benzene rings is 1. The van der Waals surface area contributed by atoms with Gasteiger partial charge >= 0.3 is 85.9 Å². The van der Waals surface area contributed by atoms with Gasteiger partial charge in [0, 0.05) is 0 Å². The van der Waals surface area contributed by atoms with Gasteiger partial charge in [0.25, 0.3) is 0 Å². The first kappa shape index (κ1) is 9.82. The molecule has 0 saturated carbocycles. The van der Waals surface area contributed by atoms with E-state index in [1.165, 1.54) is 5.56 Å². The summed E-state index contributed by atoms with van der Waals surface area (Å²) in [6, 6.07) is 8.21. The van der Waals surface area contributed by atoms with Crippen molar-refractivity contribution in [2.45, 2.75) is 26.2 Å². The molecule has 1 aromatic rings. The van der Waals surface area contributed by atoms with Crippen LogP contribution in [0.5, 0.6) is 5.75 Å². The Hall–Kier alpha value is -0.266. The molecular weight excluding hydrogens is 184 g/mol. The molecule has 1 nitrogen and oxygen atoms in total. The molecule has 1 rings (SSSR count). The molecule has 0 amide bonds. The van der Waals surface area contributed by atoms with Crippen LogP contribution in [0, 0.1) is 0 Å². The van der Waals surface area contributed by atoms with E-state index in [4.69, 9.17) is 3.32 Å². The Morgan fingerprint density at radius 3 is 2.42 bits per heavy atom. The molecule has 0 aromatic heterocycles. The Kier molecular flexibility index (Phi) is 2.97. The van der Waals surface area contributed by atoms with E-state index < -0.39 is 0 Å². The maximum absolute atomic E-state index is 5.15. The van der Waals surface area contributed by atoms with Crippen LogP contribution in [-0.4, -0.2) is 0 Å². The summed E-state index contributed by atoms with van der Waals surface area (Å²) in [5.41, 5.74) is 1.51. The van der Waals surface area contributed by atoms with Crippen molar-refractivity contribution < 1.29 is 24.1 Å². The van der Waals surface area contributed by atoms with Crippen molar-refractivity contribution in [3.05, 3.63) is 29.8 Å². The van der Waals surface area contributed by atoms with Crippen molar-refractivity contribution in [1.82, 2.24) is 0 Å². The third-order valence-corrected chi connectivity index (χ3v) is 2.19. The van der Waals surface area contributed by atoms with Crippen LogP contribution in [0.4, 0.5) is 0 Å². The van der Waals surface area contributed by atoms with E-state index in [1.54, 1.807) is 20.8 Å². The van der Waals surface area contributed by atoms with Crippen LogP contribution in [0.15, 0.2) is 24.3 Å². The topological polar surface area (TPSA) is 9.23 Å². The molecule has 1 aromatic carbocycles. The second-order valence-electron chi connectivity index (χ2n) is 3.88. The zero-order valence-corrected chi connectivity index (χ0v) is 9.28. The standard InChI is InChI=1S/C10H14O.Ti/c1-10(2,3)8-5-4-6-9(11)7-8;/h4-7,11H,1-3H3;/q;+1/p-1. The number of rotatable bonds is 1. The van der Waals surface area contributed by atoms with Crippen molar-refractivity contribution in [2.75, 3.05) is 0 Å².